The normalized spacial score (nSPS) is 11.7. The van der Waals surface area contributed by atoms with Crippen molar-refractivity contribution in [1.82, 2.24) is 19.9 Å². The average molecular weight is 378 g/mol. The molecule has 0 unspecified atom stereocenters. The molecule has 0 fully saturated rings. The quantitative estimate of drug-likeness (QED) is 0.733. The minimum atomic E-state index is -4.68. The van der Waals surface area contributed by atoms with E-state index in [-0.39, 0.29) is 35.6 Å². The molecule has 2 aromatic heterocycles. The summed E-state index contributed by atoms with van der Waals surface area (Å²) in [6.07, 6.45) is -4.52. The van der Waals surface area contributed by atoms with Crippen LogP contribution in [0.25, 0.3) is 16.8 Å². The van der Waals surface area contributed by atoms with Crippen molar-refractivity contribution in [2.24, 2.45) is 0 Å². The van der Waals surface area contributed by atoms with Gasteiger partial charge in [0.05, 0.1) is 5.56 Å². The van der Waals surface area contributed by atoms with E-state index in [1.54, 1.807) is 25.1 Å². The Labute approximate surface area is 152 Å². The number of halogens is 3. The zero-order valence-electron chi connectivity index (χ0n) is 14.6. The molecule has 27 heavy (non-hydrogen) atoms. The summed E-state index contributed by atoms with van der Waals surface area (Å²) in [5.74, 6) is -0.257. The average Bonchev–Trinajstić information content (AvgIpc) is 2.98. The van der Waals surface area contributed by atoms with Crippen molar-refractivity contribution in [3.63, 3.8) is 0 Å². The lowest BCUT2D eigenvalue weighted by molar-refractivity contribution is -0.140. The van der Waals surface area contributed by atoms with Crippen LogP contribution in [0.5, 0.6) is 0 Å². The van der Waals surface area contributed by atoms with Gasteiger partial charge >= 0.3 is 6.18 Å². The minimum Gasteiger partial charge on any atom is -0.356 e. The number of benzene rings is 1. The molecule has 0 saturated heterocycles. The van der Waals surface area contributed by atoms with E-state index >= 15 is 0 Å². The van der Waals surface area contributed by atoms with Gasteiger partial charge in [-0.05, 0) is 18.9 Å². The highest BCUT2D eigenvalue weighted by atomic mass is 19.4. The molecule has 0 saturated carbocycles. The van der Waals surface area contributed by atoms with Crippen LogP contribution in [0.3, 0.4) is 0 Å². The molecule has 0 atom stereocenters. The predicted octanol–water partition coefficient (Wildman–Crippen LogP) is 2.70. The Morgan fingerprint density at radius 3 is 2.52 bits per heavy atom. The van der Waals surface area contributed by atoms with Crippen LogP contribution < -0.4 is 10.9 Å². The molecule has 3 aromatic rings. The van der Waals surface area contributed by atoms with Gasteiger partial charge in [0.1, 0.15) is 5.69 Å². The molecule has 0 radical (unpaired) electrons. The first-order chi connectivity index (χ1) is 12.7. The summed E-state index contributed by atoms with van der Waals surface area (Å²) in [4.78, 5) is 28.0. The number of hydrogen-bond acceptors (Lipinski definition) is 3. The molecular formula is C18H17F3N4O2. The molecule has 0 aliphatic heterocycles. The zero-order chi connectivity index (χ0) is 19.8. The number of nitrogens with zero attached hydrogens (tertiary/aromatic N) is 2. The van der Waals surface area contributed by atoms with Gasteiger partial charge in [-0.25, -0.2) is 9.50 Å². The van der Waals surface area contributed by atoms with Crippen molar-refractivity contribution in [3.05, 3.63) is 57.6 Å². The third-order valence-corrected chi connectivity index (χ3v) is 4.18. The van der Waals surface area contributed by atoms with Gasteiger partial charge in [-0.15, -0.1) is 0 Å². The largest absolute Gasteiger partial charge is 0.433 e. The van der Waals surface area contributed by atoms with Crippen LogP contribution in [0.1, 0.15) is 23.9 Å². The molecular weight excluding hydrogens is 361 g/mol. The first kappa shape index (κ1) is 18.7. The summed E-state index contributed by atoms with van der Waals surface area (Å²) in [6, 6.07) is 7.99. The molecule has 0 bridgehead atoms. The number of aromatic amines is 1. The Bertz CT molecular complexity index is 1050. The lowest BCUT2D eigenvalue weighted by Gasteiger charge is -2.08. The van der Waals surface area contributed by atoms with E-state index < -0.39 is 17.4 Å². The Morgan fingerprint density at radius 1 is 1.26 bits per heavy atom. The monoisotopic (exact) mass is 378 g/mol. The number of carbonyl (C=O) groups is 1. The van der Waals surface area contributed by atoms with Gasteiger partial charge in [-0.2, -0.15) is 13.2 Å². The van der Waals surface area contributed by atoms with E-state index in [1.807, 2.05) is 0 Å². The van der Waals surface area contributed by atoms with E-state index in [2.05, 4.69) is 15.4 Å². The van der Waals surface area contributed by atoms with E-state index in [9.17, 15) is 22.8 Å². The fourth-order valence-corrected chi connectivity index (χ4v) is 2.95. The Balaban J connectivity index is 2.23. The summed E-state index contributed by atoms with van der Waals surface area (Å²) >= 11 is 0. The molecule has 3 rings (SSSR count). The number of aromatic nitrogens is 3. The number of hydrogen-bond donors (Lipinski definition) is 2. The van der Waals surface area contributed by atoms with Crippen LogP contribution in [-0.4, -0.2) is 27.0 Å². The van der Waals surface area contributed by atoms with Gasteiger partial charge < -0.3 is 5.32 Å². The van der Waals surface area contributed by atoms with Crippen LogP contribution in [-0.2, 0) is 17.4 Å². The minimum absolute atomic E-state index is 0.0840. The maximum Gasteiger partial charge on any atom is 0.433 e. The molecule has 9 heteroatoms. The predicted molar refractivity (Wildman–Crippen MR) is 93.4 cm³/mol. The Kier molecular flexibility index (Phi) is 4.77. The van der Waals surface area contributed by atoms with Gasteiger partial charge in [0.15, 0.2) is 5.65 Å². The van der Waals surface area contributed by atoms with Crippen LogP contribution in [0, 0.1) is 6.92 Å². The SMILES string of the molecule is CC(=O)NCCc1c(C)nc2c(-c3ccccc3)c(C(F)(F)F)[nH]n2c1=O. The summed E-state index contributed by atoms with van der Waals surface area (Å²) in [5.41, 5.74) is -1.02. The second kappa shape index (κ2) is 6.90. The maximum atomic E-state index is 13.6. The van der Waals surface area contributed by atoms with E-state index in [4.69, 9.17) is 0 Å². The van der Waals surface area contributed by atoms with Gasteiger partial charge in [0, 0.05) is 24.7 Å². The lowest BCUT2D eigenvalue weighted by Crippen LogP contribution is -2.28. The molecule has 0 spiro atoms. The number of H-pyrrole nitrogens is 1. The summed E-state index contributed by atoms with van der Waals surface area (Å²) in [7, 11) is 0. The maximum absolute atomic E-state index is 13.6. The molecule has 1 amide bonds. The van der Waals surface area contributed by atoms with Crippen molar-refractivity contribution < 1.29 is 18.0 Å². The summed E-state index contributed by atoms with van der Waals surface area (Å²) < 4.78 is 41.5. The van der Waals surface area contributed by atoms with Gasteiger partial charge in [0.2, 0.25) is 5.91 Å². The number of nitrogens with one attached hydrogen (secondary N) is 2. The standard InChI is InChI=1S/C18H17F3N4O2/c1-10-13(8-9-22-11(2)26)17(27)25-16(23-10)14(12-6-4-3-5-7-12)15(24-25)18(19,20)21/h3-7,24H,8-9H2,1-2H3,(H,22,26). The zero-order valence-corrected chi connectivity index (χ0v) is 14.6. The van der Waals surface area contributed by atoms with Gasteiger partial charge in [0.25, 0.3) is 5.56 Å². The number of alkyl halides is 3. The number of rotatable bonds is 4. The third kappa shape index (κ3) is 3.57. The van der Waals surface area contributed by atoms with Crippen LogP contribution in [0.2, 0.25) is 0 Å². The fourth-order valence-electron chi connectivity index (χ4n) is 2.95. The molecule has 0 aliphatic carbocycles. The number of fused-ring (bicyclic) bond motifs is 1. The van der Waals surface area contributed by atoms with Gasteiger partial charge in [-0.1, -0.05) is 30.3 Å². The van der Waals surface area contributed by atoms with E-state index in [1.165, 1.54) is 19.1 Å². The number of aryl methyl sites for hydroxylation is 1. The molecule has 6 nitrogen and oxygen atoms in total. The first-order valence-electron chi connectivity index (χ1n) is 8.21. The van der Waals surface area contributed by atoms with Crippen LogP contribution in [0.15, 0.2) is 35.1 Å². The van der Waals surface area contributed by atoms with Crippen LogP contribution >= 0.6 is 0 Å². The van der Waals surface area contributed by atoms with Crippen molar-refractivity contribution in [2.75, 3.05) is 6.54 Å². The second-order valence-corrected chi connectivity index (χ2v) is 6.10. The molecule has 0 aliphatic rings. The Morgan fingerprint density at radius 2 is 1.93 bits per heavy atom. The second-order valence-electron chi connectivity index (χ2n) is 6.10. The van der Waals surface area contributed by atoms with Crippen LogP contribution in [0.4, 0.5) is 13.2 Å². The topological polar surface area (TPSA) is 79.3 Å². The van der Waals surface area contributed by atoms with Crippen molar-refractivity contribution in [2.45, 2.75) is 26.4 Å². The summed E-state index contributed by atoms with van der Waals surface area (Å²) in [6.45, 7) is 3.10. The molecule has 2 heterocycles. The van der Waals surface area contributed by atoms with Crippen molar-refractivity contribution in [3.8, 4) is 11.1 Å². The lowest BCUT2D eigenvalue weighted by atomic mass is 10.1. The van der Waals surface area contributed by atoms with Gasteiger partial charge in [-0.3, -0.25) is 14.7 Å². The first-order valence-corrected chi connectivity index (χ1v) is 8.21. The van der Waals surface area contributed by atoms with Crippen molar-refractivity contribution >= 4 is 11.6 Å². The number of amides is 1. The smallest absolute Gasteiger partial charge is 0.356 e. The molecule has 1 aromatic carbocycles. The highest BCUT2D eigenvalue weighted by Gasteiger charge is 2.38. The summed E-state index contributed by atoms with van der Waals surface area (Å²) in [5, 5.41) is 4.73. The highest BCUT2D eigenvalue weighted by molar-refractivity contribution is 5.80. The Hall–Kier alpha value is -3.10. The third-order valence-electron chi connectivity index (χ3n) is 4.18. The van der Waals surface area contributed by atoms with Crippen molar-refractivity contribution in [1.29, 1.82) is 0 Å². The fraction of sp³-hybridized carbons (Fsp3) is 0.278. The highest BCUT2D eigenvalue weighted by Crippen LogP contribution is 2.38. The van der Waals surface area contributed by atoms with E-state index in [0.29, 0.717) is 11.3 Å². The van der Waals surface area contributed by atoms with E-state index in [0.717, 1.165) is 4.52 Å². The molecule has 142 valence electrons. The molecule has 2 N–H and O–H groups in total. The number of carbonyl (C=O) groups excluding carboxylic acids is 1.